The molecule has 1 amide bonds. The molecule has 1 aliphatic heterocycles. The van der Waals surface area contributed by atoms with Crippen LogP contribution in [-0.2, 0) is 4.74 Å². The van der Waals surface area contributed by atoms with Crippen molar-refractivity contribution in [2.24, 2.45) is 5.92 Å². The zero-order valence-electron chi connectivity index (χ0n) is 14.2. The lowest BCUT2D eigenvalue weighted by molar-refractivity contribution is 0.0660. The largest absolute Gasteiger partial charge is 0.385 e. The number of hydrogen-bond acceptors (Lipinski definition) is 3. The van der Waals surface area contributed by atoms with E-state index in [4.69, 9.17) is 4.74 Å². The summed E-state index contributed by atoms with van der Waals surface area (Å²) in [6, 6.07) is 9.69. The second kappa shape index (κ2) is 8.11. The number of amides is 1. The molecule has 0 spiro atoms. The Bertz CT molecular complexity index is 637. The average Bonchev–Trinajstić information content (AvgIpc) is 3.16. The Balaban J connectivity index is 1.61. The van der Waals surface area contributed by atoms with Crippen LogP contribution in [0.1, 0.15) is 36.0 Å². The number of likely N-dealkylation sites (tertiary alicyclic amines) is 1. The minimum absolute atomic E-state index is 0.141. The summed E-state index contributed by atoms with van der Waals surface area (Å²) in [5, 5.41) is 6.90. The van der Waals surface area contributed by atoms with Gasteiger partial charge in [0.1, 0.15) is 0 Å². The third-order valence-corrected chi connectivity index (χ3v) is 4.71. The van der Waals surface area contributed by atoms with Crippen LogP contribution in [0.2, 0.25) is 0 Å². The molecule has 3 rings (SSSR count). The van der Waals surface area contributed by atoms with Crippen LogP contribution < -0.4 is 0 Å². The van der Waals surface area contributed by atoms with Gasteiger partial charge in [-0.1, -0.05) is 12.1 Å². The SMILES string of the molecule is COCCC[C@@H]1CCCN(C(=O)c2ccc(-c3ccn[nH]3)cc2)C1. The molecule has 5 heteroatoms. The summed E-state index contributed by atoms with van der Waals surface area (Å²) >= 11 is 0. The highest BCUT2D eigenvalue weighted by atomic mass is 16.5. The molecule has 1 saturated heterocycles. The number of benzene rings is 1. The number of rotatable bonds is 6. The second-order valence-corrected chi connectivity index (χ2v) is 6.44. The van der Waals surface area contributed by atoms with E-state index in [1.54, 1.807) is 13.3 Å². The summed E-state index contributed by atoms with van der Waals surface area (Å²) in [4.78, 5) is 14.8. The van der Waals surface area contributed by atoms with Crippen molar-refractivity contribution in [3.63, 3.8) is 0 Å². The maximum Gasteiger partial charge on any atom is 0.253 e. The summed E-state index contributed by atoms with van der Waals surface area (Å²) in [6.07, 6.45) is 6.24. The first-order chi connectivity index (χ1) is 11.8. The van der Waals surface area contributed by atoms with E-state index in [0.717, 1.165) is 55.8 Å². The van der Waals surface area contributed by atoms with Crippen LogP contribution in [0.3, 0.4) is 0 Å². The first-order valence-corrected chi connectivity index (χ1v) is 8.66. The number of aromatic nitrogens is 2. The smallest absolute Gasteiger partial charge is 0.253 e. The Morgan fingerprint density at radius 3 is 2.88 bits per heavy atom. The molecular weight excluding hydrogens is 302 g/mol. The normalized spacial score (nSPS) is 17.9. The zero-order chi connectivity index (χ0) is 16.8. The third-order valence-electron chi connectivity index (χ3n) is 4.71. The Morgan fingerprint density at radius 2 is 2.17 bits per heavy atom. The van der Waals surface area contributed by atoms with Crippen molar-refractivity contribution in [2.75, 3.05) is 26.8 Å². The molecule has 24 heavy (non-hydrogen) atoms. The molecule has 0 aliphatic carbocycles. The molecular formula is C19H25N3O2. The lowest BCUT2D eigenvalue weighted by Gasteiger charge is -2.33. The highest BCUT2D eigenvalue weighted by Crippen LogP contribution is 2.23. The third kappa shape index (κ3) is 4.03. The Hall–Kier alpha value is -2.14. The monoisotopic (exact) mass is 327 g/mol. The molecule has 0 radical (unpaired) electrons. The number of carbonyl (C=O) groups excluding carboxylic acids is 1. The number of hydrogen-bond donors (Lipinski definition) is 1. The fourth-order valence-electron chi connectivity index (χ4n) is 3.39. The molecule has 2 heterocycles. The Kier molecular flexibility index (Phi) is 5.64. The molecule has 1 atom stereocenters. The highest BCUT2D eigenvalue weighted by molar-refractivity contribution is 5.94. The molecule has 0 saturated carbocycles. The van der Waals surface area contributed by atoms with Crippen LogP contribution in [0.25, 0.3) is 11.3 Å². The molecule has 1 aromatic carbocycles. The maximum atomic E-state index is 12.8. The number of nitrogens with one attached hydrogen (secondary N) is 1. The predicted octanol–water partition coefficient (Wildman–Crippen LogP) is 3.36. The fourth-order valence-corrected chi connectivity index (χ4v) is 3.39. The number of ether oxygens (including phenoxy) is 1. The van der Waals surface area contributed by atoms with Crippen LogP contribution in [0.15, 0.2) is 36.5 Å². The van der Waals surface area contributed by atoms with E-state index in [-0.39, 0.29) is 5.91 Å². The molecule has 5 nitrogen and oxygen atoms in total. The average molecular weight is 327 g/mol. The maximum absolute atomic E-state index is 12.8. The first kappa shape index (κ1) is 16.7. The number of H-pyrrole nitrogens is 1. The van der Waals surface area contributed by atoms with Gasteiger partial charge < -0.3 is 9.64 Å². The van der Waals surface area contributed by atoms with Gasteiger partial charge in [-0.25, -0.2) is 0 Å². The van der Waals surface area contributed by atoms with Gasteiger partial charge in [0.05, 0.1) is 5.69 Å². The van der Waals surface area contributed by atoms with E-state index in [1.807, 2.05) is 35.2 Å². The quantitative estimate of drug-likeness (QED) is 0.828. The van der Waals surface area contributed by atoms with Crippen LogP contribution in [0.5, 0.6) is 0 Å². The highest BCUT2D eigenvalue weighted by Gasteiger charge is 2.24. The predicted molar refractivity (Wildman–Crippen MR) is 93.8 cm³/mol. The van der Waals surface area contributed by atoms with Gasteiger partial charge in [0, 0.05) is 38.6 Å². The lowest BCUT2D eigenvalue weighted by Crippen LogP contribution is -2.40. The number of methoxy groups -OCH3 is 1. The van der Waals surface area contributed by atoms with Crippen molar-refractivity contribution >= 4 is 5.91 Å². The van der Waals surface area contributed by atoms with Crippen LogP contribution in [-0.4, -0.2) is 47.8 Å². The Morgan fingerprint density at radius 1 is 1.33 bits per heavy atom. The number of nitrogens with zero attached hydrogens (tertiary/aromatic N) is 2. The van der Waals surface area contributed by atoms with E-state index in [1.165, 1.54) is 6.42 Å². The second-order valence-electron chi connectivity index (χ2n) is 6.44. The van der Waals surface area contributed by atoms with Gasteiger partial charge in [-0.2, -0.15) is 5.10 Å². The topological polar surface area (TPSA) is 58.2 Å². The molecule has 1 N–H and O–H groups in total. The summed E-state index contributed by atoms with van der Waals surface area (Å²) in [7, 11) is 1.74. The molecule has 0 bridgehead atoms. The zero-order valence-corrected chi connectivity index (χ0v) is 14.2. The van der Waals surface area contributed by atoms with E-state index >= 15 is 0 Å². The van der Waals surface area contributed by atoms with E-state index in [0.29, 0.717) is 5.92 Å². The summed E-state index contributed by atoms with van der Waals surface area (Å²) in [5.41, 5.74) is 2.76. The van der Waals surface area contributed by atoms with E-state index in [9.17, 15) is 4.79 Å². The standard InChI is InChI=1S/C19H25N3O2/c1-24-13-3-5-15-4-2-12-22(14-15)19(23)17-8-6-16(7-9-17)18-10-11-20-21-18/h6-11,15H,2-5,12-14H2,1H3,(H,20,21)/t15-/m0/s1. The van der Waals surface area contributed by atoms with Crippen molar-refractivity contribution in [1.82, 2.24) is 15.1 Å². The van der Waals surface area contributed by atoms with Gasteiger partial charge in [-0.15, -0.1) is 0 Å². The number of aromatic amines is 1. The molecule has 1 aliphatic rings. The summed E-state index contributed by atoms with van der Waals surface area (Å²) in [5.74, 6) is 0.740. The number of carbonyl (C=O) groups is 1. The van der Waals surface area contributed by atoms with Crippen LogP contribution >= 0.6 is 0 Å². The van der Waals surface area contributed by atoms with Crippen molar-refractivity contribution in [3.05, 3.63) is 42.1 Å². The lowest BCUT2D eigenvalue weighted by atomic mass is 9.93. The van der Waals surface area contributed by atoms with Gasteiger partial charge in [-0.05, 0) is 55.4 Å². The minimum Gasteiger partial charge on any atom is -0.385 e. The van der Waals surface area contributed by atoms with Gasteiger partial charge in [-0.3, -0.25) is 9.89 Å². The van der Waals surface area contributed by atoms with Crippen molar-refractivity contribution < 1.29 is 9.53 Å². The van der Waals surface area contributed by atoms with E-state index in [2.05, 4.69) is 10.2 Å². The first-order valence-electron chi connectivity index (χ1n) is 8.66. The van der Waals surface area contributed by atoms with Crippen LogP contribution in [0, 0.1) is 5.92 Å². The minimum atomic E-state index is 0.141. The van der Waals surface area contributed by atoms with Crippen molar-refractivity contribution in [2.45, 2.75) is 25.7 Å². The van der Waals surface area contributed by atoms with Gasteiger partial charge in [0.2, 0.25) is 0 Å². The molecule has 128 valence electrons. The van der Waals surface area contributed by atoms with E-state index < -0.39 is 0 Å². The Labute approximate surface area is 143 Å². The van der Waals surface area contributed by atoms with Gasteiger partial charge >= 0.3 is 0 Å². The molecule has 1 fully saturated rings. The van der Waals surface area contributed by atoms with Gasteiger partial charge in [0.25, 0.3) is 5.91 Å². The summed E-state index contributed by atoms with van der Waals surface area (Å²) < 4.78 is 5.13. The molecule has 1 aromatic heterocycles. The van der Waals surface area contributed by atoms with Crippen molar-refractivity contribution in [3.8, 4) is 11.3 Å². The fraction of sp³-hybridized carbons (Fsp3) is 0.474. The van der Waals surface area contributed by atoms with Crippen molar-refractivity contribution in [1.29, 1.82) is 0 Å². The van der Waals surface area contributed by atoms with Crippen LogP contribution in [0.4, 0.5) is 0 Å². The van der Waals surface area contributed by atoms with Gasteiger partial charge in [0.15, 0.2) is 0 Å². The summed E-state index contributed by atoms with van der Waals surface area (Å²) in [6.45, 7) is 2.53. The number of piperidine rings is 1. The molecule has 2 aromatic rings. The molecule has 0 unspecified atom stereocenters.